The van der Waals surface area contributed by atoms with Crippen LogP contribution in [-0.4, -0.2) is 52.1 Å². The predicted octanol–water partition coefficient (Wildman–Crippen LogP) is 8.23. The first kappa shape index (κ1) is 35.7. The summed E-state index contributed by atoms with van der Waals surface area (Å²) in [5.74, 6) is 0.852. The molecule has 0 saturated heterocycles. The largest absolute Gasteiger partial charge is 0.456 e. The molecule has 0 atom stereocenters. The number of carbonyl (C=O) groups is 2. The Morgan fingerprint density at radius 3 is 2.18 bits per heavy atom. The van der Waals surface area contributed by atoms with Gasteiger partial charge in [0.05, 0.1) is 29.4 Å². The van der Waals surface area contributed by atoms with Crippen molar-refractivity contribution < 1.29 is 18.8 Å². The topological polar surface area (TPSA) is 88.8 Å². The molecule has 13 heteroatoms. The van der Waals surface area contributed by atoms with Gasteiger partial charge in [-0.15, -0.1) is 16.6 Å². The third kappa shape index (κ3) is 11.2. The van der Waals surface area contributed by atoms with E-state index >= 15 is 0 Å². The average Bonchev–Trinajstić information content (AvgIpc) is 3.44. The fraction of sp³-hybridized carbons (Fsp3) is 0.360. The van der Waals surface area contributed by atoms with Crippen LogP contribution in [-0.2, 0) is 11.8 Å². The van der Waals surface area contributed by atoms with Crippen molar-refractivity contribution in [2.24, 2.45) is 12.1 Å². The van der Waals surface area contributed by atoms with Gasteiger partial charge in [-0.1, -0.05) is 73.9 Å². The van der Waals surface area contributed by atoms with E-state index in [4.69, 9.17) is 16.3 Å². The Balaban J connectivity index is 0.00000134. The summed E-state index contributed by atoms with van der Waals surface area (Å²) in [6.45, 7) is 12.2. The summed E-state index contributed by atoms with van der Waals surface area (Å²) in [6.07, 6.45) is 1.38. The minimum atomic E-state index is -0.677. The van der Waals surface area contributed by atoms with Crippen LogP contribution < -0.4 is 5.32 Å². The number of aromatic nitrogens is 2. The lowest BCUT2D eigenvalue weighted by Crippen LogP contribution is -2.25. The van der Waals surface area contributed by atoms with Crippen molar-refractivity contribution >= 4 is 79.1 Å². The quantitative estimate of drug-likeness (QED) is 0.0955. The van der Waals surface area contributed by atoms with Gasteiger partial charge in [0.2, 0.25) is 0 Å². The second kappa shape index (κ2) is 17.3. The van der Waals surface area contributed by atoms with Crippen molar-refractivity contribution in [1.82, 2.24) is 15.0 Å². The molecule has 0 radical (unpaired) electrons. The molecule has 0 spiro atoms. The monoisotopic (exact) mass is 695 g/mol. The average molecular weight is 698 g/mol. The van der Waals surface area contributed by atoms with Crippen LogP contribution in [0.2, 0.25) is 5.15 Å². The van der Waals surface area contributed by atoms with E-state index in [1.54, 1.807) is 33.2 Å². The molecule has 210 valence electrons. The van der Waals surface area contributed by atoms with Crippen LogP contribution in [0.25, 0.3) is 10.4 Å². The van der Waals surface area contributed by atoms with Crippen LogP contribution in [0.4, 0.5) is 10.2 Å². The van der Waals surface area contributed by atoms with Crippen molar-refractivity contribution in [1.29, 1.82) is 0 Å². The Labute approximate surface area is 249 Å². The summed E-state index contributed by atoms with van der Waals surface area (Å²) >= 11 is 13.8. The molecule has 1 N–H and O–H groups in total. The van der Waals surface area contributed by atoms with Gasteiger partial charge in [0, 0.05) is 23.6 Å². The number of aryl methyl sites for hydroxylation is 1. The molecule has 0 aliphatic rings. The van der Waals surface area contributed by atoms with Crippen LogP contribution in [0.15, 0.2) is 45.4 Å². The van der Waals surface area contributed by atoms with Crippen LogP contribution in [0.1, 0.15) is 55.3 Å². The fourth-order valence-corrected chi connectivity index (χ4v) is 4.00. The van der Waals surface area contributed by atoms with Gasteiger partial charge < -0.3 is 10.1 Å². The third-order valence-corrected chi connectivity index (χ3v) is 6.06. The maximum Gasteiger partial charge on any atom is 0.342 e. The zero-order chi connectivity index (χ0) is 29.6. The number of esters is 1. The highest BCUT2D eigenvalue weighted by atomic mass is 79.9. The van der Waals surface area contributed by atoms with Crippen LogP contribution in [0.5, 0.6) is 0 Å². The van der Waals surface area contributed by atoms with Crippen LogP contribution >= 0.6 is 54.8 Å². The first-order chi connectivity index (χ1) is 17.8. The number of hydrogen-bond acceptors (Lipinski definition) is 7. The highest BCUT2D eigenvalue weighted by Crippen LogP contribution is 2.38. The van der Waals surface area contributed by atoms with E-state index in [0.29, 0.717) is 16.1 Å². The number of hydrogen-bond donors (Lipinski definition) is 1. The normalized spacial score (nSPS) is 9.89. The molecule has 0 unspecified atom stereocenters. The van der Waals surface area contributed by atoms with E-state index in [0.717, 1.165) is 17.1 Å². The molecule has 2 heterocycles. The zero-order valence-electron chi connectivity index (χ0n) is 22.6. The molecule has 0 aliphatic heterocycles. The van der Waals surface area contributed by atoms with Crippen molar-refractivity contribution in [2.45, 2.75) is 40.2 Å². The standard InChI is InChI=1S/C20H19BrClN3O3S.C2H5FN2.C2H6.CH3Br/c1-20(2,3)28-19(27)15-14(24-18(26)13-9-23-25(4)17(13)22)10-29-16(15)11-5-7-12(21)8-6-11;1-4-5(2)3;2*1-2/h5-10H,1-4H3,(H,24,26);1H2,2H3;1-2H3;1H3. The molecule has 0 aliphatic carbocycles. The summed E-state index contributed by atoms with van der Waals surface area (Å²) in [6, 6.07) is 7.57. The van der Waals surface area contributed by atoms with Gasteiger partial charge in [0.15, 0.2) is 0 Å². The van der Waals surface area contributed by atoms with E-state index in [1.165, 1.54) is 22.2 Å². The minimum Gasteiger partial charge on any atom is -0.456 e. The van der Waals surface area contributed by atoms with Gasteiger partial charge in [-0.05, 0) is 44.3 Å². The molecule has 8 nitrogen and oxygen atoms in total. The Hall–Kier alpha value is -2.28. The lowest BCUT2D eigenvalue weighted by Gasteiger charge is -2.20. The Morgan fingerprint density at radius 2 is 1.76 bits per heavy atom. The van der Waals surface area contributed by atoms with Crippen LogP contribution in [0, 0.1) is 0 Å². The van der Waals surface area contributed by atoms with Gasteiger partial charge in [-0.2, -0.15) is 10.2 Å². The van der Waals surface area contributed by atoms with E-state index in [-0.39, 0.29) is 15.9 Å². The van der Waals surface area contributed by atoms with E-state index < -0.39 is 17.5 Å². The number of thiophene rings is 1. The lowest BCUT2D eigenvalue weighted by molar-refractivity contribution is 0.00721. The number of anilines is 1. The molecule has 2 aromatic heterocycles. The first-order valence-corrected chi connectivity index (χ1v) is 14.8. The maximum atomic E-state index is 13.0. The van der Waals surface area contributed by atoms with Gasteiger partial charge in [-0.3, -0.25) is 9.48 Å². The number of halogens is 4. The number of nitrogens with zero attached hydrogens (tertiary/aromatic N) is 4. The number of rotatable bonds is 5. The molecular weight excluding hydrogens is 665 g/mol. The molecular formula is C25H33Br2ClFN5O3S. The number of benzene rings is 1. The summed E-state index contributed by atoms with van der Waals surface area (Å²) in [4.78, 5) is 26.4. The number of alkyl halides is 1. The fourth-order valence-electron chi connectivity index (χ4n) is 2.56. The third-order valence-electron chi connectivity index (χ3n) is 4.05. The maximum absolute atomic E-state index is 13.0. The molecule has 38 heavy (non-hydrogen) atoms. The number of carbonyl (C=O) groups excluding carboxylic acids is 2. The van der Waals surface area contributed by atoms with E-state index in [1.807, 2.05) is 43.9 Å². The minimum absolute atomic E-state index is 0.139. The van der Waals surface area contributed by atoms with Crippen molar-refractivity contribution in [3.05, 3.63) is 56.6 Å². The zero-order valence-corrected chi connectivity index (χ0v) is 27.3. The summed E-state index contributed by atoms with van der Waals surface area (Å²) < 4.78 is 18.9. The summed E-state index contributed by atoms with van der Waals surface area (Å²) in [5.41, 5.74) is 1.07. The number of amides is 1. The van der Waals surface area contributed by atoms with Gasteiger partial charge >= 0.3 is 5.97 Å². The Bertz CT molecular complexity index is 1180. The predicted molar refractivity (Wildman–Crippen MR) is 163 cm³/mol. The van der Waals surface area contributed by atoms with Crippen molar-refractivity contribution in [3.63, 3.8) is 0 Å². The first-order valence-electron chi connectivity index (χ1n) is 11.2. The van der Waals surface area contributed by atoms with Crippen molar-refractivity contribution in [3.8, 4) is 10.4 Å². The summed E-state index contributed by atoms with van der Waals surface area (Å²) in [7, 11) is 2.80. The molecule has 3 aromatic rings. The molecule has 1 amide bonds. The van der Waals surface area contributed by atoms with Gasteiger partial charge in [-0.25, -0.2) is 4.79 Å². The Kier molecular flexibility index (Phi) is 16.3. The highest BCUT2D eigenvalue weighted by molar-refractivity contribution is 9.10. The van der Waals surface area contributed by atoms with Gasteiger partial charge in [0.25, 0.3) is 5.91 Å². The summed E-state index contributed by atoms with van der Waals surface area (Å²) in [5, 5.41) is 11.6. The molecule has 1 aromatic carbocycles. The SMILES string of the molecule is C=NN(C)F.CBr.CC.Cn1ncc(C(=O)Nc2csc(-c3ccc(Br)cc3)c2C(=O)OC(C)(C)C)c1Cl. The molecule has 0 fully saturated rings. The highest BCUT2D eigenvalue weighted by Gasteiger charge is 2.27. The Morgan fingerprint density at radius 1 is 1.24 bits per heavy atom. The number of ether oxygens (including phenoxy) is 1. The lowest BCUT2D eigenvalue weighted by atomic mass is 10.1. The molecule has 0 saturated carbocycles. The van der Waals surface area contributed by atoms with E-state index in [2.05, 4.69) is 54.1 Å². The smallest absolute Gasteiger partial charge is 0.342 e. The molecule has 0 bridgehead atoms. The number of hydrazone groups is 1. The second-order valence-electron chi connectivity index (χ2n) is 7.88. The van der Waals surface area contributed by atoms with Crippen molar-refractivity contribution in [2.75, 3.05) is 18.2 Å². The molecule has 3 rings (SSSR count). The second-order valence-corrected chi connectivity index (χ2v) is 10.0. The number of nitrogens with one attached hydrogen (secondary N) is 1. The van der Waals surface area contributed by atoms with Crippen LogP contribution in [0.3, 0.4) is 0 Å². The van der Waals surface area contributed by atoms with Gasteiger partial charge in [0.1, 0.15) is 16.3 Å². The van der Waals surface area contributed by atoms with E-state index in [9.17, 15) is 14.1 Å².